The molecule has 0 radical (unpaired) electrons. The number of carbonyl (C=O) groups is 1. The summed E-state index contributed by atoms with van der Waals surface area (Å²) < 4.78 is 5.15. The van der Waals surface area contributed by atoms with Crippen molar-refractivity contribution >= 4 is 45.6 Å². The van der Waals surface area contributed by atoms with Crippen LogP contribution >= 0.6 is 34.5 Å². The maximum Gasteiger partial charge on any atom is 0.259 e. The van der Waals surface area contributed by atoms with E-state index in [1.54, 1.807) is 7.11 Å². The van der Waals surface area contributed by atoms with Crippen LogP contribution in [0.4, 0.5) is 5.13 Å². The number of benzene rings is 1. The van der Waals surface area contributed by atoms with Crippen molar-refractivity contribution in [2.24, 2.45) is 0 Å². The number of thiazole rings is 1. The quantitative estimate of drug-likeness (QED) is 0.877. The van der Waals surface area contributed by atoms with Gasteiger partial charge in [0.25, 0.3) is 5.91 Å². The number of rotatable bonds is 4. The molecule has 0 saturated carbocycles. The lowest BCUT2D eigenvalue weighted by Gasteiger charge is -2.02. The molecule has 1 amide bonds. The van der Waals surface area contributed by atoms with Gasteiger partial charge in [-0.05, 0) is 12.1 Å². The predicted molar refractivity (Wildman–Crippen MR) is 78.2 cm³/mol. The number of carbonyl (C=O) groups excluding carboxylic acids is 1. The topological polar surface area (TPSA) is 51.2 Å². The Bertz CT molecular complexity index is 587. The molecule has 7 heteroatoms. The van der Waals surface area contributed by atoms with Crippen LogP contribution in [0, 0.1) is 0 Å². The maximum absolute atomic E-state index is 11.3. The fraction of sp³-hybridized carbons (Fsp3) is 0.167. The predicted octanol–water partition coefficient (Wildman–Crippen LogP) is 3.56. The number of hydrogen-bond donors (Lipinski definition) is 1. The summed E-state index contributed by atoms with van der Waals surface area (Å²) >= 11 is 12.2. The molecule has 1 aromatic carbocycles. The third kappa shape index (κ3) is 3.59. The van der Waals surface area contributed by atoms with Crippen LogP contribution in [0.15, 0.2) is 29.6 Å². The molecule has 0 fully saturated rings. The van der Waals surface area contributed by atoms with Crippen LogP contribution in [0.1, 0.15) is 0 Å². The molecule has 0 aliphatic heterocycles. The standard InChI is InChI=1S/C12H10Cl2N2O2S/c1-18-8-4-2-3-7(5-8)9-6-19-12(15-9)16-11(17)10(13)14/h2-6,10H,1H3,(H,15,16,17). The van der Waals surface area contributed by atoms with Crippen LogP contribution < -0.4 is 10.1 Å². The Morgan fingerprint density at radius 2 is 2.26 bits per heavy atom. The van der Waals surface area contributed by atoms with Crippen molar-refractivity contribution in [2.75, 3.05) is 12.4 Å². The first-order valence-electron chi connectivity index (χ1n) is 5.29. The average molecular weight is 317 g/mol. The van der Waals surface area contributed by atoms with Gasteiger partial charge in [-0.2, -0.15) is 0 Å². The highest BCUT2D eigenvalue weighted by atomic mass is 35.5. The van der Waals surface area contributed by atoms with E-state index in [0.717, 1.165) is 17.0 Å². The molecule has 0 aliphatic carbocycles. The van der Waals surface area contributed by atoms with E-state index in [1.807, 2.05) is 29.6 Å². The number of halogens is 2. The molecule has 0 spiro atoms. The van der Waals surface area contributed by atoms with E-state index in [0.29, 0.717) is 5.13 Å². The molecule has 0 saturated heterocycles. The van der Waals surface area contributed by atoms with Crippen LogP contribution in [0.3, 0.4) is 0 Å². The number of amides is 1. The summed E-state index contributed by atoms with van der Waals surface area (Å²) in [5.41, 5.74) is 1.66. The summed E-state index contributed by atoms with van der Waals surface area (Å²) in [6.07, 6.45) is 0. The number of nitrogens with one attached hydrogen (secondary N) is 1. The minimum absolute atomic E-state index is 0.453. The third-order valence-corrected chi connectivity index (χ3v) is 3.45. The number of ether oxygens (including phenoxy) is 1. The van der Waals surface area contributed by atoms with Crippen molar-refractivity contribution < 1.29 is 9.53 Å². The van der Waals surface area contributed by atoms with Gasteiger partial charge in [0.15, 0.2) is 9.97 Å². The molecule has 100 valence electrons. The number of anilines is 1. The highest BCUT2D eigenvalue weighted by molar-refractivity contribution is 7.14. The molecular weight excluding hydrogens is 307 g/mol. The largest absolute Gasteiger partial charge is 0.497 e. The van der Waals surface area contributed by atoms with Gasteiger partial charge in [-0.15, -0.1) is 11.3 Å². The molecule has 1 heterocycles. The van der Waals surface area contributed by atoms with E-state index in [2.05, 4.69) is 10.3 Å². The average Bonchev–Trinajstić information content (AvgIpc) is 2.87. The highest BCUT2D eigenvalue weighted by Gasteiger charge is 2.14. The smallest absolute Gasteiger partial charge is 0.259 e. The van der Waals surface area contributed by atoms with Crippen molar-refractivity contribution in [2.45, 2.75) is 4.84 Å². The third-order valence-electron chi connectivity index (χ3n) is 2.30. The lowest BCUT2D eigenvalue weighted by atomic mass is 10.2. The number of nitrogens with zero attached hydrogens (tertiary/aromatic N) is 1. The Balaban J connectivity index is 2.18. The van der Waals surface area contributed by atoms with Gasteiger partial charge in [0.05, 0.1) is 12.8 Å². The first-order chi connectivity index (χ1) is 9.10. The molecule has 1 aromatic heterocycles. The zero-order chi connectivity index (χ0) is 13.8. The van der Waals surface area contributed by atoms with E-state index in [9.17, 15) is 4.79 Å². The van der Waals surface area contributed by atoms with Crippen molar-refractivity contribution in [1.82, 2.24) is 4.98 Å². The van der Waals surface area contributed by atoms with E-state index < -0.39 is 10.7 Å². The lowest BCUT2D eigenvalue weighted by molar-refractivity contribution is -0.114. The maximum atomic E-state index is 11.3. The number of alkyl halides is 2. The number of methoxy groups -OCH3 is 1. The molecular formula is C12H10Cl2N2O2S. The van der Waals surface area contributed by atoms with Crippen LogP contribution in [0.25, 0.3) is 11.3 Å². The second kappa shape index (κ2) is 6.23. The van der Waals surface area contributed by atoms with Crippen molar-refractivity contribution in [3.8, 4) is 17.0 Å². The zero-order valence-corrected chi connectivity index (χ0v) is 12.2. The van der Waals surface area contributed by atoms with Gasteiger partial charge in [-0.3, -0.25) is 10.1 Å². The van der Waals surface area contributed by atoms with E-state index in [1.165, 1.54) is 11.3 Å². The molecule has 0 unspecified atom stereocenters. The normalized spacial score (nSPS) is 10.5. The fourth-order valence-electron chi connectivity index (χ4n) is 1.41. The van der Waals surface area contributed by atoms with Crippen LogP contribution in [0.2, 0.25) is 0 Å². The lowest BCUT2D eigenvalue weighted by Crippen LogP contribution is -2.18. The second-order valence-electron chi connectivity index (χ2n) is 3.56. The first-order valence-corrected chi connectivity index (χ1v) is 7.04. The Morgan fingerprint density at radius 1 is 1.47 bits per heavy atom. The van der Waals surface area contributed by atoms with Crippen LogP contribution in [-0.2, 0) is 4.79 Å². The van der Waals surface area contributed by atoms with Gasteiger partial charge in [0.1, 0.15) is 5.75 Å². The molecule has 19 heavy (non-hydrogen) atoms. The first kappa shape index (κ1) is 14.1. The zero-order valence-electron chi connectivity index (χ0n) is 9.89. The minimum atomic E-state index is -1.11. The SMILES string of the molecule is COc1cccc(-c2csc(NC(=O)C(Cl)Cl)n2)c1. The number of hydrogen-bond acceptors (Lipinski definition) is 4. The highest BCUT2D eigenvalue weighted by Crippen LogP contribution is 2.27. The summed E-state index contributed by atoms with van der Waals surface area (Å²) in [5, 5.41) is 4.82. The summed E-state index contributed by atoms with van der Waals surface area (Å²) in [6, 6.07) is 7.51. The van der Waals surface area contributed by atoms with Gasteiger partial charge in [-0.25, -0.2) is 4.98 Å². The molecule has 4 nitrogen and oxygen atoms in total. The van der Waals surface area contributed by atoms with E-state index in [-0.39, 0.29) is 0 Å². The summed E-state index contributed by atoms with van der Waals surface area (Å²) in [4.78, 5) is 14.5. The Hall–Kier alpha value is -1.30. The molecule has 0 bridgehead atoms. The van der Waals surface area contributed by atoms with Crippen LogP contribution in [0.5, 0.6) is 5.75 Å². The molecule has 0 aliphatic rings. The van der Waals surface area contributed by atoms with Crippen LogP contribution in [-0.4, -0.2) is 22.8 Å². The minimum Gasteiger partial charge on any atom is -0.497 e. The molecule has 0 atom stereocenters. The van der Waals surface area contributed by atoms with Gasteiger partial charge >= 0.3 is 0 Å². The van der Waals surface area contributed by atoms with Crippen molar-refractivity contribution in [3.05, 3.63) is 29.6 Å². The van der Waals surface area contributed by atoms with Crippen molar-refractivity contribution in [3.63, 3.8) is 0 Å². The molecule has 1 N–H and O–H groups in total. The Labute approximate surface area is 124 Å². The summed E-state index contributed by atoms with van der Waals surface area (Å²) in [7, 11) is 1.60. The van der Waals surface area contributed by atoms with E-state index in [4.69, 9.17) is 27.9 Å². The van der Waals surface area contributed by atoms with E-state index >= 15 is 0 Å². The second-order valence-corrected chi connectivity index (χ2v) is 5.51. The summed E-state index contributed by atoms with van der Waals surface area (Å²) in [6.45, 7) is 0. The number of aromatic nitrogens is 1. The summed E-state index contributed by atoms with van der Waals surface area (Å²) in [5.74, 6) is 0.257. The monoisotopic (exact) mass is 316 g/mol. The molecule has 2 aromatic rings. The van der Waals surface area contributed by atoms with Gasteiger partial charge in [0, 0.05) is 10.9 Å². The van der Waals surface area contributed by atoms with Crippen molar-refractivity contribution in [1.29, 1.82) is 0 Å². The Kier molecular flexibility index (Phi) is 4.63. The Morgan fingerprint density at radius 3 is 2.95 bits per heavy atom. The van der Waals surface area contributed by atoms with Gasteiger partial charge in [-0.1, -0.05) is 35.3 Å². The molecule has 2 rings (SSSR count). The fourth-order valence-corrected chi connectivity index (χ4v) is 2.24. The van der Waals surface area contributed by atoms with Gasteiger partial charge in [0.2, 0.25) is 0 Å². The van der Waals surface area contributed by atoms with Gasteiger partial charge < -0.3 is 4.74 Å².